The van der Waals surface area contributed by atoms with Crippen LogP contribution in [0.5, 0.6) is 0 Å². The first kappa shape index (κ1) is 9.49. The quantitative estimate of drug-likeness (QED) is 0.801. The van der Waals surface area contributed by atoms with Crippen LogP contribution in [0.1, 0.15) is 25.0 Å². The molecule has 0 fully saturated rings. The van der Waals surface area contributed by atoms with Crippen LogP contribution in [-0.2, 0) is 0 Å². The van der Waals surface area contributed by atoms with Gasteiger partial charge in [-0.2, -0.15) is 0 Å². The fourth-order valence-corrected chi connectivity index (χ4v) is 1.78. The average Bonchev–Trinajstić information content (AvgIpc) is 2.62. The highest BCUT2D eigenvalue weighted by molar-refractivity contribution is 6.35. The van der Waals surface area contributed by atoms with Gasteiger partial charge in [0, 0.05) is 23.3 Å². The molecule has 1 atom stereocenters. The van der Waals surface area contributed by atoms with Crippen molar-refractivity contribution in [1.82, 2.24) is 9.97 Å². The molecular weight excluding hydrogens is 200 g/mol. The van der Waals surface area contributed by atoms with Crippen molar-refractivity contribution in [2.75, 3.05) is 0 Å². The van der Waals surface area contributed by atoms with E-state index in [1.54, 1.807) is 18.5 Å². The monoisotopic (exact) mass is 210 g/mol. The van der Waals surface area contributed by atoms with Crippen LogP contribution >= 0.6 is 11.6 Å². The number of nitrogens with zero attached hydrogens (tertiary/aromatic N) is 1. The van der Waals surface area contributed by atoms with Crippen molar-refractivity contribution in [2.45, 2.75) is 19.4 Å². The van der Waals surface area contributed by atoms with Crippen LogP contribution < -0.4 is 0 Å². The van der Waals surface area contributed by atoms with Crippen LogP contribution in [0, 0.1) is 0 Å². The molecule has 2 aromatic rings. The van der Waals surface area contributed by atoms with Crippen LogP contribution in [0.25, 0.3) is 11.0 Å². The molecule has 0 aliphatic rings. The molecule has 0 aliphatic carbocycles. The van der Waals surface area contributed by atoms with Crippen molar-refractivity contribution in [1.29, 1.82) is 0 Å². The molecule has 0 aromatic carbocycles. The summed E-state index contributed by atoms with van der Waals surface area (Å²) < 4.78 is 0. The Morgan fingerprint density at radius 2 is 2.43 bits per heavy atom. The molecular formula is C10H11ClN2O. The van der Waals surface area contributed by atoms with Crippen molar-refractivity contribution >= 4 is 22.6 Å². The van der Waals surface area contributed by atoms with E-state index in [2.05, 4.69) is 9.97 Å². The van der Waals surface area contributed by atoms with Gasteiger partial charge in [-0.05, 0) is 12.5 Å². The number of aromatic amines is 1. The third-order valence-electron chi connectivity index (χ3n) is 2.30. The number of fused-ring (bicyclic) bond motifs is 1. The Morgan fingerprint density at radius 3 is 3.14 bits per heavy atom. The van der Waals surface area contributed by atoms with Crippen molar-refractivity contribution in [3.05, 3.63) is 29.0 Å². The summed E-state index contributed by atoms with van der Waals surface area (Å²) in [5.41, 5.74) is 1.54. The van der Waals surface area contributed by atoms with Crippen LogP contribution in [-0.4, -0.2) is 15.1 Å². The van der Waals surface area contributed by atoms with E-state index in [1.165, 1.54) is 0 Å². The van der Waals surface area contributed by atoms with Gasteiger partial charge < -0.3 is 10.1 Å². The topological polar surface area (TPSA) is 48.9 Å². The lowest BCUT2D eigenvalue weighted by Crippen LogP contribution is -1.93. The Bertz CT molecular complexity index is 452. The standard InChI is InChI=1S/C10H11ClN2O/c1-2-8(14)6-5-13-10-9(6)7(11)3-4-12-10/h3-5,8,14H,2H2,1H3,(H,12,13)/t8-/m0/s1. The summed E-state index contributed by atoms with van der Waals surface area (Å²) >= 11 is 6.03. The van der Waals surface area contributed by atoms with Gasteiger partial charge in [0.2, 0.25) is 0 Å². The maximum Gasteiger partial charge on any atom is 0.139 e. The first-order chi connectivity index (χ1) is 6.74. The molecule has 3 nitrogen and oxygen atoms in total. The number of H-pyrrole nitrogens is 1. The first-order valence-electron chi connectivity index (χ1n) is 4.53. The number of hydrogen-bond donors (Lipinski definition) is 2. The highest BCUT2D eigenvalue weighted by atomic mass is 35.5. The minimum atomic E-state index is -0.481. The van der Waals surface area contributed by atoms with E-state index in [1.807, 2.05) is 6.92 Å². The number of halogens is 1. The summed E-state index contributed by atoms with van der Waals surface area (Å²) in [5, 5.41) is 11.2. The highest BCUT2D eigenvalue weighted by Crippen LogP contribution is 2.30. The second kappa shape index (κ2) is 3.59. The summed E-state index contributed by atoms with van der Waals surface area (Å²) in [6.45, 7) is 1.92. The minimum absolute atomic E-state index is 0.481. The van der Waals surface area contributed by atoms with E-state index in [9.17, 15) is 5.11 Å². The van der Waals surface area contributed by atoms with Gasteiger partial charge in [-0.3, -0.25) is 0 Å². The van der Waals surface area contributed by atoms with Gasteiger partial charge in [-0.15, -0.1) is 0 Å². The third kappa shape index (κ3) is 1.38. The number of aliphatic hydroxyl groups excluding tert-OH is 1. The lowest BCUT2D eigenvalue weighted by atomic mass is 10.1. The predicted molar refractivity (Wildman–Crippen MR) is 56.4 cm³/mol. The molecule has 74 valence electrons. The zero-order chi connectivity index (χ0) is 10.1. The summed E-state index contributed by atoms with van der Waals surface area (Å²) in [7, 11) is 0. The maximum absolute atomic E-state index is 9.73. The van der Waals surface area contributed by atoms with Crippen molar-refractivity contribution < 1.29 is 5.11 Å². The van der Waals surface area contributed by atoms with E-state index in [-0.39, 0.29) is 0 Å². The number of hydrogen-bond acceptors (Lipinski definition) is 2. The van der Waals surface area contributed by atoms with E-state index < -0.39 is 6.10 Å². The zero-order valence-corrected chi connectivity index (χ0v) is 8.54. The molecule has 2 aromatic heterocycles. The molecule has 0 amide bonds. The zero-order valence-electron chi connectivity index (χ0n) is 7.79. The maximum atomic E-state index is 9.73. The van der Waals surface area contributed by atoms with Crippen molar-refractivity contribution in [3.8, 4) is 0 Å². The molecule has 2 heterocycles. The number of pyridine rings is 1. The molecule has 0 bridgehead atoms. The van der Waals surface area contributed by atoms with E-state index in [0.717, 1.165) is 16.6 Å². The van der Waals surface area contributed by atoms with E-state index >= 15 is 0 Å². The van der Waals surface area contributed by atoms with Gasteiger partial charge >= 0.3 is 0 Å². The highest BCUT2D eigenvalue weighted by Gasteiger charge is 2.13. The Balaban J connectivity index is 2.67. The first-order valence-corrected chi connectivity index (χ1v) is 4.91. The molecule has 0 radical (unpaired) electrons. The largest absolute Gasteiger partial charge is 0.388 e. The lowest BCUT2D eigenvalue weighted by Gasteiger charge is -2.05. The Kier molecular flexibility index (Phi) is 2.44. The minimum Gasteiger partial charge on any atom is -0.388 e. The molecule has 0 saturated heterocycles. The van der Waals surface area contributed by atoms with Crippen molar-refractivity contribution in [2.24, 2.45) is 0 Å². The van der Waals surface area contributed by atoms with Gasteiger partial charge in [-0.25, -0.2) is 4.98 Å². The second-order valence-electron chi connectivity index (χ2n) is 3.18. The number of rotatable bonds is 2. The molecule has 2 rings (SSSR count). The average molecular weight is 211 g/mol. The van der Waals surface area contributed by atoms with E-state index in [0.29, 0.717) is 11.4 Å². The summed E-state index contributed by atoms with van der Waals surface area (Å²) in [4.78, 5) is 7.12. The van der Waals surface area contributed by atoms with Gasteiger partial charge in [0.15, 0.2) is 0 Å². The molecule has 2 N–H and O–H groups in total. The number of nitrogens with one attached hydrogen (secondary N) is 1. The Hall–Kier alpha value is -1.06. The lowest BCUT2D eigenvalue weighted by molar-refractivity contribution is 0.175. The fourth-order valence-electron chi connectivity index (χ4n) is 1.52. The van der Waals surface area contributed by atoms with Gasteiger partial charge in [0.1, 0.15) is 5.65 Å². The van der Waals surface area contributed by atoms with Crippen molar-refractivity contribution in [3.63, 3.8) is 0 Å². The summed E-state index contributed by atoms with van der Waals surface area (Å²) in [6.07, 6.45) is 3.59. The van der Waals surface area contributed by atoms with Gasteiger partial charge in [-0.1, -0.05) is 18.5 Å². The second-order valence-corrected chi connectivity index (χ2v) is 3.59. The summed E-state index contributed by atoms with van der Waals surface area (Å²) in [6, 6.07) is 1.73. The Labute approximate surface area is 86.7 Å². The third-order valence-corrected chi connectivity index (χ3v) is 2.61. The molecule has 4 heteroatoms. The van der Waals surface area contributed by atoms with Gasteiger partial charge in [0.05, 0.1) is 11.1 Å². The number of aliphatic hydroxyl groups is 1. The van der Waals surface area contributed by atoms with Crippen LogP contribution in [0.3, 0.4) is 0 Å². The molecule has 14 heavy (non-hydrogen) atoms. The van der Waals surface area contributed by atoms with Crippen LogP contribution in [0.15, 0.2) is 18.5 Å². The predicted octanol–water partition coefficient (Wildman–Crippen LogP) is 2.66. The van der Waals surface area contributed by atoms with Gasteiger partial charge in [0.25, 0.3) is 0 Å². The molecule has 0 spiro atoms. The molecule has 0 saturated carbocycles. The number of aromatic nitrogens is 2. The van der Waals surface area contributed by atoms with Crippen LogP contribution in [0.4, 0.5) is 0 Å². The molecule has 0 aliphatic heterocycles. The summed E-state index contributed by atoms with van der Waals surface area (Å²) in [5.74, 6) is 0. The SMILES string of the molecule is CC[C@H](O)c1c[nH]c2nccc(Cl)c12. The normalized spacial score (nSPS) is 13.4. The van der Waals surface area contributed by atoms with Crippen LogP contribution in [0.2, 0.25) is 5.02 Å². The smallest absolute Gasteiger partial charge is 0.139 e. The molecule has 0 unspecified atom stereocenters. The fraction of sp³-hybridized carbons (Fsp3) is 0.300. The van der Waals surface area contributed by atoms with E-state index in [4.69, 9.17) is 11.6 Å². The Morgan fingerprint density at radius 1 is 1.64 bits per heavy atom.